The summed E-state index contributed by atoms with van der Waals surface area (Å²) in [5, 5.41) is 8.32. The van der Waals surface area contributed by atoms with Gasteiger partial charge in [0.05, 0.1) is 10.6 Å². The number of alkyl halides is 6. The number of aromatic nitrogens is 1. The van der Waals surface area contributed by atoms with E-state index in [4.69, 9.17) is 5.11 Å². The van der Waals surface area contributed by atoms with E-state index in [0.717, 1.165) is 6.07 Å². The molecule has 1 unspecified atom stereocenters. The molecule has 1 aromatic rings. The van der Waals surface area contributed by atoms with Crippen LogP contribution in [0.15, 0.2) is 23.4 Å². The van der Waals surface area contributed by atoms with Crippen molar-refractivity contribution in [1.82, 2.24) is 4.98 Å². The Morgan fingerprint density at radius 2 is 1.85 bits per heavy atom. The summed E-state index contributed by atoms with van der Waals surface area (Å²) in [4.78, 5) is 13.8. The molecular formula is C10H7F6NO2S. The summed E-state index contributed by atoms with van der Waals surface area (Å²) in [7, 11) is 0. The van der Waals surface area contributed by atoms with Gasteiger partial charge in [-0.25, -0.2) is 4.98 Å². The van der Waals surface area contributed by atoms with Crippen LogP contribution in [0, 0.1) is 5.92 Å². The van der Waals surface area contributed by atoms with E-state index < -0.39 is 35.6 Å². The van der Waals surface area contributed by atoms with E-state index in [1.807, 2.05) is 0 Å². The van der Waals surface area contributed by atoms with Crippen molar-refractivity contribution >= 4 is 17.7 Å². The molecule has 1 N–H and O–H groups in total. The molecule has 0 radical (unpaired) electrons. The monoisotopic (exact) mass is 319 g/mol. The number of carbonyl (C=O) groups is 1. The summed E-state index contributed by atoms with van der Waals surface area (Å²) in [6.45, 7) is 0. The van der Waals surface area contributed by atoms with Crippen molar-refractivity contribution < 1.29 is 36.2 Å². The molecule has 0 fully saturated rings. The Labute approximate surface area is 113 Å². The molecule has 0 aliphatic heterocycles. The number of rotatable bonds is 4. The van der Waals surface area contributed by atoms with Gasteiger partial charge in [0, 0.05) is 11.9 Å². The molecule has 1 rings (SSSR count). The van der Waals surface area contributed by atoms with Gasteiger partial charge in [0.2, 0.25) is 0 Å². The third-order valence-corrected chi connectivity index (χ3v) is 3.19. The van der Waals surface area contributed by atoms with Crippen LogP contribution in [-0.2, 0) is 11.0 Å². The Morgan fingerprint density at radius 3 is 2.20 bits per heavy atom. The molecule has 0 saturated heterocycles. The first-order valence-electron chi connectivity index (χ1n) is 4.97. The molecule has 0 saturated carbocycles. The smallest absolute Gasteiger partial charge is 0.417 e. The minimum atomic E-state index is -4.93. The number of nitrogens with zero attached hydrogens (tertiary/aromatic N) is 1. The minimum absolute atomic E-state index is 0.117. The number of carboxylic acid groups (broad SMARTS) is 1. The van der Waals surface area contributed by atoms with Gasteiger partial charge in [-0.1, -0.05) is 0 Å². The highest BCUT2D eigenvalue weighted by atomic mass is 32.2. The topological polar surface area (TPSA) is 50.2 Å². The van der Waals surface area contributed by atoms with Crippen molar-refractivity contribution in [2.75, 3.05) is 5.75 Å². The fourth-order valence-electron chi connectivity index (χ4n) is 1.11. The lowest BCUT2D eigenvalue weighted by Gasteiger charge is -2.15. The van der Waals surface area contributed by atoms with Crippen LogP contribution in [0.1, 0.15) is 5.56 Å². The second-order valence-corrected chi connectivity index (χ2v) is 4.67. The maximum Gasteiger partial charge on any atom is 0.417 e. The van der Waals surface area contributed by atoms with E-state index in [0.29, 0.717) is 24.0 Å². The number of carboxylic acids is 1. The highest BCUT2D eigenvalue weighted by molar-refractivity contribution is 7.99. The quantitative estimate of drug-likeness (QED) is 0.682. The summed E-state index contributed by atoms with van der Waals surface area (Å²) in [5.74, 6) is -5.51. The van der Waals surface area contributed by atoms with Crippen LogP contribution >= 0.6 is 11.8 Å². The normalized spacial score (nSPS) is 14.1. The van der Waals surface area contributed by atoms with Gasteiger partial charge in [-0.2, -0.15) is 26.3 Å². The molecule has 10 heteroatoms. The van der Waals surface area contributed by atoms with Crippen molar-refractivity contribution in [3.8, 4) is 0 Å². The maximum atomic E-state index is 12.3. The van der Waals surface area contributed by atoms with E-state index in [-0.39, 0.29) is 5.03 Å². The zero-order valence-electron chi connectivity index (χ0n) is 9.50. The molecule has 1 atom stereocenters. The molecule has 20 heavy (non-hydrogen) atoms. The fourth-order valence-corrected chi connectivity index (χ4v) is 2.07. The Hall–Kier alpha value is -1.45. The zero-order chi connectivity index (χ0) is 15.6. The predicted octanol–water partition coefficient (Wildman–Crippen LogP) is 3.46. The molecule has 0 bridgehead atoms. The van der Waals surface area contributed by atoms with E-state index in [9.17, 15) is 31.1 Å². The second-order valence-electron chi connectivity index (χ2n) is 3.63. The predicted molar refractivity (Wildman–Crippen MR) is 57.1 cm³/mol. The molecule has 1 heterocycles. The van der Waals surface area contributed by atoms with Crippen LogP contribution in [0.5, 0.6) is 0 Å². The average Bonchev–Trinajstić information content (AvgIpc) is 2.26. The minimum Gasteiger partial charge on any atom is -0.481 e. The molecule has 0 amide bonds. The number of hydrogen-bond donors (Lipinski definition) is 1. The van der Waals surface area contributed by atoms with Gasteiger partial charge in [0.25, 0.3) is 0 Å². The highest BCUT2D eigenvalue weighted by Crippen LogP contribution is 2.33. The molecular weight excluding hydrogens is 312 g/mol. The third kappa shape index (κ3) is 4.58. The van der Waals surface area contributed by atoms with Crippen LogP contribution in [0.25, 0.3) is 0 Å². The zero-order valence-corrected chi connectivity index (χ0v) is 10.3. The molecule has 0 aliphatic carbocycles. The highest BCUT2D eigenvalue weighted by Gasteiger charge is 2.45. The van der Waals surface area contributed by atoms with Crippen LogP contribution in [0.4, 0.5) is 26.3 Å². The lowest BCUT2D eigenvalue weighted by molar-refractivity contribution is -0.188. The summed E-state index contributed by atoms with van der Waals surface area (Å²) in [6.07, 6.45) is -9.04. The van der Waals surface area contributed by atoms with Crippen LogP contribution < -0.4 is 0 Å². The Morgan fingerprint density at radius 1 is 1.25 bits per heavy atom. The van der Waals surface area contributed by atoms with Gasteiger partial charge in [-0.05, 0) is 12.1 Å². The van der Waals surface area contributed by atoms with Gasteiger partial charge in [-0.15, -0.1) is 11.8 Å². The van der Waals surface area contributed by atoms with E-state index in [1.54, 1.807) is 0 Å². The Balaban J connectivity index is 2.73. The van der Waals surface area contributed by atoms with Crippen molar-refractivity contribution in [3.05, 3.63) is 23.9 Å². The molecule has 112 valence electrons. The maximum absolute atomic E-state index is 12.3. The van der Waals surface area contributed by atoms with E-state index in [1.165, 1.54) is 0 Å². The first kappa shape index (κ1) is 16.6. The van der Waals surface area contributed by atoms with Gasteiger partial charge < -0.3 is 5.11 Å². The fraction of sp³-hybridized carbons (Fsp3) is 0.400. The van der Waals surface area contributed by atoms with Crippen LogP contribution in [0.2, 0.25) is 0 Å². The number of aliphatic carboxylic acids is 1. The summed E-state index contributed by atoms with van der Waals surface area (Å²) < 4.78 is 73.7. The summed E-state index contributed by atoms with van der Waals surface area (Å²) in [5.41, 5.74) is -1.03. The summed E-state index contributed by atoms with van der Waals surface area (Å²) >= 11 is 0.424. The molecule has 1 aromatic heterocycles. The number of hydrogen-bond acceptors (Lipinski definition) is 3. The van der Waals surface area contributed by atoms with Crippen molar-refractivity contribution in [1.29, 1.82) is 0 Å². The number of pyridine rings is 1. The third-order valence-electron chi connectivity index (χ3n) is 2.15. The summed E-state index contributed by atoms with van der Waals surface area (Å²) in [6, 6.07) is 1.56. The van der Waals surface area contributed by atoms with Crippen molar-refractivity contribution in [3.63, 3.8) is 0 Å². The Kier molecular flexibility index (Phi) is 4.90. The van der Waals surface area contributed by atoms with Crippen LogP contribution in [-0.4, -0.2) is 28.0 Å². The van der Waals surface area contributed by atoms with Gasteiger partial charge in [0.1, 0.15) is 0 Å². The number of halogens is 6. The SMILES string of the molecule is O=C(O)C(CSc1ccc(C(F)(F)F)cn1)C(F)(F)F. The molecule has 0 spiro atoms. The first-order chi connectivity index (χ1) is 9.01. The standard InChI is InChI=1S/C10H7F6NO2S/c11-9(12,13)5-1-2-7(17-3-5)20-4-6(8(18)19)10(14,15)16/h1-3,6H,4H2,(H,18,19). The second kappa shape index (κ2) is 5.90. The van der Waals surface area contributed by atoms with Gasteiger partial charge >= 0.3 is 18.3 Å². The first-order valence-corrected chi connectivity index (χ1v) is 5.96. The Bertz CT molecular complexity index is 470. The average molecular weight is 319 g/mol. The van der Waals surface area contributed by atoms with Crippen LogP contribution in [0.3, 0.4) is 0 Å². The number of thioether (sulfide) groups is 1. The lowest BCUT2D eigenvalue weighted by Crippen LogP contribution is -2.32. The van der Waals surface area contributed by atoms with E-state index >= 15 is 0 Å². The van der Waals surface area contributed by atoms with Crippen molar-refractivity contribution in [2.45, 2.75) is 17.4 Å². The van der Waals surface area contributed by atoms with Gasteiger partial charge in [-0.3, -0.25) is 4.79 Å². The lowest BCUT2D eigenvalue weighted by atomic mass is 10.2. The largest absolute Gasteiger partial charge is 0.481 e. The van der Waals surface area contributed by atoms with Crippen molar-refractivity contribution in [2.24, 2.45) is 5.92 Å². The molecule has 0 aromatic carbocycles. The molecule has 3 nitrogen and oxygen atoms in total. The van der Waals surface area contributed by atoms with E-state index in [2.05, 4.69) is 4.98 Å². The molecule has 0 aliphatic rings. The van der Waals surface area contributed by atoms with Gasteiger partial charge in [0.15, 0.2) is 5.92 Å².